The minimum atomic E-state index is -0.990. The highest BCUT2D eigenvalue weighted by Crippen LogP contribution is 2.42. The van der Waals surface area contributed by atoms with Crippen LogP contribution in [0.15, 0.2) is 54.6 Å². The summed E-state index contributed by atoms with van der Waals surface area (Å²) in [5.74, 6) is -1.01. The molecule has 0 saturated carbocycles. The number of hydrogen-bond donors (Lipinski definition) is 2. The highest BCUT2D eigenvalue weighted by atomic mass is 16.3. The Labute approximate surface area is 111 Å². The molecule has 3 nitrogen and oxygen atoms in total. The normalized spacial score (nSPS) is 23.2. The van der Waals surface area contributed by atoms with E-state index in [2.05, 4.69) is 0 Å². The predicted octanol–water partition coefficient (Wildman–Crippen LogP) is 2.27. The fourth-order valence-corrected chi connectivity index (χ4v) is 2.67. The zero-order chi connectivity index (χ0) is 13.4. The molecule has 0 aromatic heterocycles. The van der Waals surface area contributed by atoms with Gasteiger partial charge < -0.3 is 10.2 Å². The molecular weight excluding hydrogens is 240 g/mol. The molecule has 0 spiro atoms. The lowest BCUT2D eigenvalue weighted by atomic mass is 9.91. The summed E-state index contributed by atoms with van der Waals surface area (Å²) in [4.78, 5) is 12.3. The average molecular weight is 254 g/mol. The van der Waals surface area contributed by atoms with E-state index in [0.717, 1.165) is 0 Å². The number of ketones is 1. The predicted molar refractivity (Wildman–Crippen MR) is 70.6 cm³/mol. The van der Waals surface area contributed by atoms with E-state index < -0.39 is 18.1 Å². The first-order chi connectivity index (χ1) is 9.20. The summed E-state index contributed by atoms with van der Waals surface area (Å²) >= 11 is 0. The van der Waals surface area contributed by atoms with Crippen LogP contribution >= 0.6 is 0 Å². The number of hydrogen-bond acceptors (Lipinski definition) is 3. The van der Waals surface area contributed by atoms with Gasteiger partial charge in [0.2, 0.25) is 0 Å². The molecule has 0 aliphatic heterocycles. The van der Waals surface area contributed by atoms with E-state index in [1.807, 2.05) is 6.07 Å². The van der Waals surface area contributed by atoms with Crippen LogP contribution in [0.2, 0.25) is 0 Å². The number of rotatable bonds is 2. The maximum Gasteiger partial charge on any atom is 0.172 e. The van der Waals surface area contributed by atoms with Gasteiger partial charge in [-0.15, -0.1) is 0 Å². The average Bonchev–Trinajstić information content (AvgIpc) is 2.72. The zero-order valence-corrected chi connectivity index (χ0v) is 10.2. The Balaban J connectivity index is 1.98. The van der Waals surface area contributed by atoms with Crippen LogP contribution in [0.5, 0.6) is 0 Å². The number of fused-ring (bicyclic) bond motifs is 1. The van der Waals surface area contributed by atoms with Gasteiger partial charge in [0.05, 0.1) is 18.1 Å². The van der Waals surface area contributed by atoms with Crippen LogP contribution in [0, 0.1) is 5.92 Å². The molecule has 3 atom stereocenters. The van der Waals surface area contributed by atoms with Crippen molar-refractivity contribution in [1.29, 1.82) is 0 Å². The molecule has 0 bridgehead atoms. The monoisotopic (exact) mass is 254 g/mol. The largest absolute Gasteiger partial charge is 0.388 e. The van der Waals surface area contributed by atoms with Crippen molar-refractivity contribution in [2.45, 2.75) is 12.2 Å². The Morgan fingerprint density at radius 2 is 1.58 bits per heavy atom. The molecule has 2 aromatic rings. The molecule has 2 N–H and O–H groups in total. The van der Waals surface area contributed by atoms with Crippen LogP contribution in [-0.2, 0) is 0 Å². The molecule has 3 heteroatoms. The highest BCUT2D eigenvalue weighted by Gasteiger charge is 2.43. The molecular formula is C16H14O3. The second-order valence-corrected chi connectivity index (χ2v) is 4.78. The molecule has 3 rings (SSSR count). The summed E-state index contributed by atoms with van der Waals surface area (Å²) in [5, 5.41) is 20.6. The number of aliphatic hydroxyl groups excluding tert-OH is 2. The quantitative estimate of drug-likeness (QED) is 0.864. The van der Waals surface area contributed by atoms with Crippen molar-refractivity contribution in [1.82, 2.24) is 0 Å². The van der Waals surface area contributed by atoms with Crippen molar-refractivity contribution in [2.75, 3.05) is 0 Å². The Kier molecular flexibility index (Phi) is 2.93. The van der Waals surface area contributed by atoms with Crippen LogP contribution in [0.3, 0.4) is 0 Å². The van der Waals surface area contributed by atoms with Crippen LogP contribution in [0.4, 0.5) is 0 Å². The highest BCUT2D eigenvalue weighted by molar-refractivity contribution is 6.03. The summed E-state index contributed by atoms with van der Waals surface area (Å²) < 4.78 is 0. The zero-order valence-electron chi connectivity index (χ0n) is 10.2. The number of benzene rings is 2. The molecule has 0 heterocycles. The first kappa shape index (κ1) is 12.1. The van der Waals surface area contributed by atoms with Crippen LogP contribution in [-0.4, -0.2) is 16.0 Å². The minimum Gasteiger partial charge on any atom is -0.388 e. The standard InChI is InChI=1S/C16H14O3/c17-14(10-6-2-1-3-7-10)13-15(18)11-8-4-5-9-12(11)16(13)19/h1-9,13-15,17-18H. The van der Waals surface area contributed by atoms with Gasteiger partial charge in [0.25, 0.3) is 0 Å². The van der Waals surface area contributed by atoms with Crippen LogP contribution < -0.4 is 0 Å². The van der Waals surface area contributed by atoms with Crippen molar-refractivity contribution in [2.24, 2.45) is 5.92 Å². The van der Waals surface area contributed by atoms with Crippen molar-refractivity contribution in [3.05, 3.63) is 71.3 Å². The first-order valence-corrected chi connectivity index (χ1v) is 6.24. The van der Waals surface area contributed by atoms with Gasteiger partial charge in [-0.25, -0.2) is 0 Å². The van der Waals surface area contributed by atoms with Gasteiger partial charge in [-0.1, -0.05) is 54.6 Å². The molecule has 3 unspecified atom stereocenters. The summed E-state index contributed by atoms with van der Waals surface area (Å²) in [6, 6.07) is 15.9. The van der Waals surface area contributed by atoms with Gasteiger partial charge in [-0.2, -0.15) is 0 Å². The first-order valence-electron chi connectivity index (χ1n) is 6.24. The Hall–Kier alpha value is -1.97. The van der Waals surface area contributed by atoms with Gasteiger partial charge in [-0.3, -0.25) is 4.79 Å². The lowest BCUT2D eigenvalue weighted by Gasteiger charge is -2.20. The third kappa shape index (κ3) is 1.87. The van der Waals surface area contributed by atoms with Crippen molar-refractivity contribution in [3.63, 3.8) is 0 Å². The second-order valence-electron chi connectivity index (χ2n) is 4.78. The fourth-order valence-electron chi connectivity index (χ4n) is 2.67. The van der Waals surface area contributed by atoms with Gasteiger partial charge in [-0.05, 0) is 11.1 Å². The van der Waals surface area contributed by atoms with Crippen molar-refractivity contribution in [3.8, 4) is 0 Å². The third-order valence-corrected chi connectivity index (χ3v) is 3.67. The van der Waals surface area contributed by atoms with E-state index in [1.165, 1.54) is 0 Å². The van der Waals surface area contributed by atoms with Gasteiger partial charge in [0, 0.05) is 5.56 Å². The van der Waals surface area contributed by atoms with Crippen molar-refractivity contribution >= 4 is 5.78 Å². The van der Waals surface area contributed by atoms with Crippen LogP contribution in [0.25, 0.3) is 0 Å². The van der Waals surface area contributed by atoms with Gasteiger partial charge in [0.1, 0.15) is 0 Å². The maximum absolute atomic E-state index is 12.3. The molecule has 0 radical (unpaired) electrons. The Morgan fingerprint density at radius 1 is 0.947 bits per heavy atom. The summed E-state index contributed by atoms with van der Waals surface area (Å²) in [6.45, 7) is 0. The molecule has 0 amide bonds. The molecule has 19 heavy (non-hydrogen) atoms. The molecule has 2 aromatic carbocycles. The van der Waals surface area contributed by atoms with Crippen LogP contribution in [0.1, 0.15) is 33.7 Å². The van der Waals surface area contributed by atoms with Gasteiger partial charge >= 0.3 is 0 Å². The fraction of sp³-hybridized carbons (Fsp3) is 0.188. The minimum absolute atomic E-state index is 0.195. The summed E-state index contributed by atoms with van der Waals surface area (Å²) in [5.41, 5.74) is 1.76. The molecule has 0 fully saturated rings. The third-order valence-electron chi connectivity index (χ3n) is 3.67. The topological polar surface area (TPSA) is 57.5 Å². The number of aliphatic hydroxyl groups is 2. The van der Waals surface area contributed by atoms with Crippen molar-refractivity contribution < 1.29 is 15.0 Å². The van der Waals surface area contributed by atoms with E-state index >= 15 is 0 Å². The second kappa shape index (κ2) is 4.61. The van der Waals surface area contributed by atoms with E-state index in [1.54, 1.807) is 48.5 Å². The SMILES string of the molecule is O=C1c2ccccc2C(O)C1C(O)c1ccccc1. The number of Topliss-reactive ketones (excluding diaryl/α,β-unsaturated/α-hetero) is 1. The lowest BCUT2D eigenvalue weighted by Crippen LogP contribution is -2.22. The van der Waals surface area contributed by atoms with E-state index in [4.69, 9.17) is 0 Å². The lowest BCUT2D eigenvalue weighted by molar-refractivity contribution is 0.0225. The number of carbonyl (C=O) groups is 1. The molecule has 96 valence electrons. The molecule has 1 aliphatic rings. The molecule has 1 aliphatic carbocycles. The number of carbonyl (C=O) groups excluding carboxylic acids is 1. The smallest absolute Gasteiger partial charge is 0.172 e. The maximum atomic E-state index is 12.3. The van der Waals surface area contributed by atoms with Gasteiger partial charge in [0.15, 0.2) is 5.78 Å². The molecule has 0 saturated heterocycles. The Bertz CT molecular complexity index is 606. The summed E-state index contributed by atoms with van der Waals surface area (Å²) in [7, 11) is 0. The van der Waals surface area contributed by atoms with E-state index in [9.17, 15) is 15.0 Å². The Morgan fingerprint density at radius 3 is 2.26 bits per heavy atom. The summed E-state index contributed by atoms with van der Waals surface area (Å²) in [6.07, 6.45) is -1.94. The van der Waals surface area contributed by atoms with E-state index in [-0.39, 0.29) is 5.78 Å². The van der Waals surface area contributed by atoms with E-state index in [0.29, 0.717) is 16.7 Å².